The fraction of sp³-hybridized carbons (Fsp3) is 0.421. The topological polar surface area (TPSA) is 28.2 Å². The van der Waals surface area contributed by atoms with Crippen molar-refractivity contribution < 1.29 is 0 Å². The molecular formula is C19H25N3. The highest BCUT2D eigenvalue weighted by molar-refractivity contribution is 5.14. The zero-order valence-corrected chi connectivity index (χ0v) is 13.3. The largest absolute Gasteiger partial charge is 0.306 e. The van der Waals surface area contributed by atoms with Gasteiger partial charge in [-0.05, 0) is 50.6 Å². The van der Waals surface area contributed by atoms with Crippen molar-refractivity contribution in [2.24, 2.45) is 0 Å². The standard InChI is InChI=1S/C19H25N3/c1-16(19-9-5-6-12-20-19)21-18-10-13-22(14-11-18)15-17-7-3-2-4-8-17/h2-9,12,16,18,21H,10-11,13-15H2,1H3. The molecule has 1 atom stereocenters. The van der Waals surface area contributed by atoms with E-state index in [0.29, 0.717) is 12.1 Å². The first-order valence-corrected chi connectivity index (χ1v) is 8.24. The lowest BCUT2D eigenvalue weighted by atomic mass is 10.0. The Balaban J connectivity index is 1.46. The van der Waals surface area contributed by atoms with Crippen LogP contribution in [0.1, 0.15) is 37.1 Å². The summed E-state index contributed by atoms with van der Waals surface area (Å²) in [5.74, 6) is 0. The van der Waals surface area contributed by atoms with E-state index >= 15 is 0 Å². The Labute approximate surface area is 133 Å². The normalized spacial score (nSPS) is 18.2. The predicted octanol–water partition coefficient (Wildman–Crippen LogP) is 3.40. The molecule has 0 radical (unpaired) electrons. The van der Waals surface area contributed by atoms with Gasteiger partial charge < -0.3 is 5.32 Å². The molecule has 1 saturated heterocycles. The SMILES string of the molecule is CC(NC1CCN(Cc2ccccc2)CC1)c1ccccn1. The molecule has 1 aromatic carbocycles. The van der Waals surface area contributed by atoms with Crippen LogP contribution in [-0.2, 0) is 6.54 Å². The predicted molar refractivity (Wildman–Crippen MR) is 90.5 cm³/mol. The molecule has 0 amide bonds. The number of pyridine rings is 1. The minimum atomic E-state index is 0.326. The molecule has 3 nitrogen and oxygen atoms in total. The van der Waals surface area contributed by atoms with E-state index in [1.54, 1.807) is 0 Å². The van der Waals surface area contributed by atoms with E-state index in [4.69, 9.17) is 0 Å². The maximum Gasteiger partial charge on any atom is 0.0570 e. The first-order chi connectivity index (χ1) is 10.8. The van der Waals surface area contributed by atoms with Gasteiger partial charge in [0.05, 0.1) is 5.69 Å². The second kappa shape index (κ2) is 7.52. The number of hydrogen-bond donors (Lipinski definition) is 1. The van der Waals surface area contributed by atoms with Crippen molar-refractivity contribution in [2.45, 2.75) is 38.4 Å². The van der Waals surface area contributed by atoms with Gasteiger partial charge in [0.25, 0.3) is 0 Å². The molecule has 1 aromatic heterocycles. The molecule has 22 heavy (non-hydrogen) atoms. The molecule has 3 rings (SSSR count). The summed E-state index contributed by atoms with van der Waals surface area (Å²) in [7, 11) is 0. The summed E-state index contributed by atoms with van der Waals surface area (Å²) < 4.78 is 0. The van der Waals surface area contributed by atoms with Crippen LogP contribution in [0.5, 0.6) is 0 Å². The molecule has 2 heterocycles. The van der Waals surface area contributed by atoms with E-state index in [1.807, 2.05) is 12.3 Å². The number of nitrogens with zero attached hydrogens (tertiary/aromatic N) is 2. The average Bonchev–Trinajstić information content (AvgIpc) is 2.58. The Morgan fingerprint density at radius 3 is 2.50 bits per heavy atom. The van der Waals surface area contributed by atoms with E-state index in [2.05, 4.69) is 64.6 Å². The molecule has 1 fully saturated rings. The van der Waals surface area contributed by atoms with Gasteiger partial charge in [0, 0.05) is 24.8 Å². The van der Waals surface area contributed by atoms with Crippen molar-refractivity contribution in [2.75, 3.05) is 13.1 Å². The lowest BCUT2D eigenvalue weighted by Gasteiger charge is -2.33. The van der Waals surface area contributed by atoms with Gasteiger partial charge >= 0.3 is 0 Å². The fourth-order valence-corrected chi connectivity index (χ4v) is 3.17. The highest BCUT2D eigenvalue weighted by Gasteiger charge is 2.21. The van der Waals surface area contributed by atoms with E-state index in [1.165, 1.54) is 31.5 Å². The average molecular weight is 295 g/mol. The summed E-state index contributed by atoms with van der Waals surface area (Å²) in [6.45, 7) is 5.62. The summed E-state index contributed by atoms with van der Waals surface area (Å²) in [6, 6.07) is 17.8. The fourth-order valence-electron chi connectivity index (χ4n) is 3.17. The Bertz CT molecular complexity index is 547. The lowest BCUT2D eigenvalue weighted by molar-refractivity contribution is 0.185. The van der Waals surface area contributed by atoms with E-state index < -0.39 is 0 Å². The van der Waals surface area contributed by atoms with E-state index in [-0.39, 0.29) is 0 Å². The van der Waals surface area contributed by atoms with Crippen LogP contribution >= 0.6 is 0 Å². The smallest absolute Gasteiger partial charge is 0.0570 e. The lowest BCUT2D eigenvalue weighted by Crippen LogP contribution is -2.43. The number of hydrogen-bond acceptors (Lipinski definition) is 3. The Morgan fingerprint density at radius 1 is 1.09 bits per heavy atom. The van der Waals surface area contributed by atoms with Crippen molar-refractivity contribution in [3.63, 3.8) is 0 Å². The Morgan fingerprint density at radius 2 is 1.82 bits per heavy atom. The van der Waals surface area contributed by atoms with Gasteiger partial charge in [0.2, 0.25) is 0 Å². The third-order valence-corrected chi connectivity index (χ3v) is 4.45. The van der Waals surface area contributed by atoms with Gasteiger partial charge in [-0.25, -0.2) is 0 Å². The van der Waals surface area contributed by atoms with Crippen LogP contribution in [0, 0.1) is 0 Å². The molecule has 1 aliphatic heterocycles. The number of piperidine rings is 1. The first kappa shape index (κ1) is 15.2. The number of rotatable bonds is 5. The summed E-state index contributed by atoms with van der Waals surface area (Å²) in [6.07, 6.45) is 4.30. The van der Waals surface area contributed by atoms with Crippen molar-refractivity contribution in [3.8, 4) is 0 Å². The van der Waals surface area contributed by atoms with Crippen LogP contribution in [0.25, 0.3) is 0 Å². The molecule has 1 aliphatic rings. The molecule has 0 saturated carbocycles. The highest BCUT2D eigenvalue weighted by Crippen LogP contribution is 2.17. The minimum Gasteiger partial charge on any atom is -0.306 e. The van der Waals surface area contributed by atoms with Crippen LogP contribution in [-0.4, -0.2) is 29.0 Å². The molecule has 3 heteroatoms. The van der Waals surface area contributed by atoms with Crippen LogP contribution in [0.2, 0.25) is 0 Å². The van der Waals surface area contributed by atoms with Gasteiger partial charge in [-0.1, -0.05) is 36.4 Å². The molecule has 2 aromatic rings. The van der Waals surface area contributed by atoms with Crippen molar-refractivity contribution in [1.82, 2.24) is 15.2 Å². The van der Waals surface area contributed by atoms with Crippen LogP contribution in [0.15, 0.2) is 54.7 Å². The molecule has 1 unspecified atom stereocenters. The zero-order chi connectivity index (χ0) is 15.2. The van der Waals surface area contributed by atoms with Gasteiger partial charge in [-0.3, -0.25) is 9.88 Å². The summed E-state index contributed by atoms with van der Waals surface area (Å²) in [5.41, 5.74) is 2.55. The monoisotopic (exact) mass is 295 g/mol. The Hall–Kier alpha value is -1.71. The summed E-state index contributed by atoms with van der Waals surface area (Å²) in [5, 5.41) is 3.73. The number of likely N-dealkylation sites (tertiary alicyclic amines) is 1. The molecular weight excluding hydrogens is 270 g/mol. The summed E-state index contributed by atoms with van der Waals surface area (Å²) in [4.78, 5) is 7.00. The summed E-state index contributed by atoms with van der Waals surface area (Å²) >= 11 is 0. The van der Waals surface area contributed by atoms with E-state index in [0.717, 1.165) is 12.2 Å². The van der Waals surface area contributed by atoms with Crippen molar-refractivity contribution >= 4 is 0 Å². The van der Waals surface area contributed by atoms with Gasteiger partial charge in [0.15, 0.2) is 0 Å². The van der Waals surface area contributed by atoms with E-state index in [9.17, 15) is 0 Å². The number of nitrogens with one attached hydrogen (secondary N) is 1. The molecule has 1 N–H and O–H groups in total. The highest BCUT2D eigenvalue weighted by atomic mass is 15.1. The zero-order valence-electron chi connectivity index (χ0n) is 13.3. The van der Waals surface area contributed by atoms with Gasteiger partial charge in [-0.2, -0.15) is 0 Å². The van der Waals surface area contributed by atoms with Gasteiger partial charge in [0.1, 0.15) is 0 Å². The third-order valence-electron chi connectivity index (χ3n) is 4.45. The first-order valence-electron chi connectivity index (χ1n) is 8.24. The molecule has 0 aliphatic carbocycles. The van der Waals surface area contributed by atoms with Gasteiger partial charge in [-0.15, -0.1) is 0 Å². The van der Waals surface area contributed by atoms with Crippen LogP contribution < -0.4 is 5.32 Å². The minimum absolute atomic E-state index is 0.326. The number of aromatic nitrogens is 1. The van der Waals surface area contributed by atoms with Crippen molar-refractivity contribution in [1.29, 1.82) is 0 Å². The maximum atomic E-state index is 4.44. The van der Waals surface area contributed by atoms with Crippen molar-refractivity contribution in [3.05, 3.63) is 66.0 Å². The molecule has 0 bridgehead atoms. The number of benzene rings is 1. The molecule has 116 valence electrons. The Kier molecular flexibility index (Phi) is 5.20. The third kappa shape index (κ3) is 4.15. The quantitative estimate of drug-likeness (QED) is 0.916. The second-order valence-corrected chi connectivity index (χ2v) is 6.18. The van der Waals surface area contributed by atoms with Crippen LogP contribution in [0.3, 0.4) is 0 Å². The second-order valence-electron chi connectivity index (χ2n) is 6.18. The maximum absolute atomic E-state index is 4.44. The molecule has 0 spiro atoms. The van der Waals surface area contributed by atoms with Crippen LogP contribution in [0.4, 0.5) is 0 Å².